The molecule has 96 valence electrons. The Kier molecular flexibility index (Phi) is 4.69. The van der Waals surface area contributed by atoms with Crippen LogP contribution in [0.1, 0.15) is 24.2 Å². The van der Waals surface area contributed by atoms with Gasteiger partial charge in [-0.3, -0.25) is 0 Å². The Balaban J connectivity index is 2.22. The minimum atomic E-state index is 0.0445. The normalized spacial score (nSPS) is 14.4. The lowest BCUT2D eigenvalue weighted by Gasteiger charge is -2.21. The van der Waals surface area contributed by atoms with Crippen LogP contribution in [-0.4, -0.2) is 11.0 Å². The van der Waals surface area contributed by atoms with E-state index in [2.05, 4.69) is 11.9 Å². The molecular weight excluding hydrogens is 268 g/mol. The molecule has 1 heterocycles. The number of halogens is 1. The molecule has 0 spiro atoms. The SMILES string of the molecule is CCC(N)C(Sc1ncco1)c1ccc(Cl)cc1. The first-order valence-electron chi connectivity index (χ1n) is 5.78. The first-order chi connectivity index (χ1) is 8.70. The van der Waals surface area contributed by atoms with Gasteiger partial charge in [-0.1, -0.05) is 42.4 Å². The van der Waals surface area contributed by atoms with Crippen LogP contribution in [0.5, 0.6) is 0 Å². The van der Waals surface area contributed by atoms with E-state index < -0.39 is 0 Å². The zero-order chi connectivity index (χ0) is 13.0. The lowest BCUT2D eigenvalue weighted by molar-refractivity contribution is 0.451. The molecular formula is C13H15ClN2OS. The fourth-order valence-corrected chi connectivity index (χ4v) is 2.88. The largest absolute Gasteiger partial charge is 0.440 e. The van der Waals surface area contributed by atoms with Gasteiger partial charge in [0.25, 0.3) is 5.22 Å². The summed E-state index contributed by atoms with van der Waals surface area (Å²) in [4.78, 5) is 4.13. The summed E-state index contributed by atoms with van der Waals surface area (Å²) in [7, 11) is 0. The second-order valence-corrected chi connectivity index (χ2v) is 5.49. The van der Waals surface area contributed by atoms with Crippen molar-refractivity contribution in [2.75, 3.05) is 0 Å². The Bertz CT molecular complexity index is 472. The van der Waals surface area contributed by atoms with Gasteiger partial charge in [-0.15, -0.1) is 0 Å². The van der Waals surface area contributed by atoms with Gasteiger partial charge in [-0.05, 0) is 24.1 Å². The van der Waals surface area contributed by atoms with Crippen LogP contribution in [0.25, 0.3) is 0 Å². The van der Waals surface area contributed by atoms with Crippen molar-refractivity contribution in [1.82, 2.24) is 4.98 Å². The summed E-state index contributed by atoms with van der Waals surface area (Å²) >= 11 is 7.44. The topological polar surface area (TPSA) is 52.0 Å². The number of nitrogens with two attached hydrogens (primary N) is 1. The van der Waals surface area contributed by atoms with Gasteiger partial charge in [0, 0.05) is 11.1 Å². The molecule has 2 N–H and O–H groups in total. The summed E-state index contributed by atoms with van der Waals surface area (Å²) in [5.41, 5.74) is 7.32. The van der Waals surface area contributed by atoms with E-state index in [1.165, 1.54) is 0 Å². The molecule has 0 bridgehead atoms. The summed E-state index contributed by atoms with van der Waals surface area (Å²) < 4.78 is 5.27. The summed E-state index contributed by atoms with van der Waals surface area (Å²) in [6, 6.07) is 7.80. The van der Waals surface area contributed by atoms with Crippen LogP contribution in [-0.2, 0) is 0 Å². The maximum absolute atomic E-state index is 6.18. The van der Waals surface area contributed by atoms with E-state index in [4.69, 9.17) is 21.8 Å². The Morgan fingerprint density at radius 2 is 2.11 bits per heavy atom. The molecule has 0 aliphatic carbocycles. The predicted octanol–water partition coefficient (Wildman–Crippen LogP) is 3.90. The molecule has 0 radical (unpaired) electrons. The van der Waals surface area contributed by atoms with Gasteiger partial charge < -0.3 is 10.2 Å². The molecule has 2 aromatic rings. The smallest absolute Gasteiger partial charge is 0.256 e. The van der Waals surface area contributed by atoms with Gasteiger partial charge in [0.1, 0.15) is 6.26 Å². The van der Waals surface area contributed by atoms with Crippen molar-refractivity contribution in [3.63, 3.8) is 0 Å². The lowest BCUT2D eigenvalue weighted by atomic mass is 10.0. The number of aromatic nitrogens is 1. The van der Waals surface area contributed by atoms with Gasteiger partial charge in [0.2, 0.25) is 0 Å². The van der Waals surface area contributed by atoms with Crippen molar-refractivity contribution >= 4 is 23.4 Å². The van der Waals surface area contributed by atoms with Gasteiger partial charge in [0.15, 0.2) is 0 Å². The third-order valence-corrected chi connectivity index (χ3v) is 4.23. The maximum atomic E-state index is 6.18. The number of oxazole rings is 1. The maximum Gasteiger partial charge on any atom is 0.256 e. The highest BCUT2D eigenvalue weighted by atomic mass is 35.5. The highest BCUT2D eigenvalue weighted by molar-refractivity contribution is 7.99. The van der Waals surface area contributed by atoms with E-state index in [0.29, 0.717) is 5.22 Å². The summed E-state index contributed by atoms with van der Waals surface area (Å²) in [5.74, 6) is 0. The minimum Gasteiger partial charge on any atom is -0.440 e. The average Bonchev–Trinajstić information content (AvgIpc) is 2.89. The van der Waals surface area contributed by atoms with Gasteiger partial charge >= 0.3 is 0 Å². The molecule has 0 amide bonds. The standard InChI is InChI=1S/C13H15ClN2OS/c1-2-11(15)12(18-13-16-7-8-17-13)9-3-5-10(14)6-4-9/h3-8,11-12H,2,15H2,1H3. The van der Waals surface area contributed by atoms with E-state index >= 15 is 0 Å². The highest BCUT2D eigenvalue weighted by Gasteiger charge is 2.21. The van der Waals surface area contributed by atoms with Crippen molar-refractivity contribution in [2.45, 2.75) is 29.9 Å². The van der Waals surface area contributed by atoms with E-state index in [1.54, 1.807) is 24.2 Å². The van der Waals surface area contributed by atoms with E-state index in [0.717, 1.165) is 17.0 Å². The monoisotopic (exact) mass is 282 g/mol. The van der Waals surface area contributed by atoms with E-state index in [9.17, 15) is 0 Å². The molecule has 1 aromatic heterocycles. The molecule has 5 heteroatoms. The summed E-state index contributed by atoms with van der Waals surface area (Å²) in [5, 5.41) is 1.48. The quantitative estimate of drug-likeness (QED) is 0.845. The molecule has 2 rings (SSSR count). The number of thioether (sulfide) groups is 1. The van der Waals surface area contributed by atoms with E-state index in [-0.39, 0.29) is 11.3 Å². The third-order valence-electron chi connectivity index (χ3n) is 2.70. The summed E-state index contributed by atoms with van der Waals surface area (Å²) in [6.07, 6.45) is 4.10. The van der Waals surface area contributed by atoms with Crippen LogP contribution in [0, 0.1) is 0 Å². The van der Waals surface area contributed by atoms with Gasteiger partial charge in [-0.2, -0.15) is 0 Å². The van der Waals surface area contributed by atoms with Crippen molar-refractivity contribution in [3.05, 3.63) is 47.3 Å². The second-order valence-electron chi connectivity index (χ2n) is 3.96. The predicted molar refractivity (Wildman–Crippen MR) is 74.8 cm³/mol. The third kappa shape index (κ3) is 3.28. The molecule has 18 heavy (non-hydrogen) atoms. The molecule has 0 saturated heterocycles. The van der Waals surface area contributed by atoms with Crippen LogP contribution in [0.4, 0.5) is 0 Å². The molecule has 3 nitrogen and oxygen atoms in total. The second kappa shape index (κ2) is 6.27. The minimum absolute atomic E-state index is 0.0445. The van der Waals surface area contributed by atoms with Crippen molar-refractivity contribution in [3.8, 4) is 0 Å². The van der Waals surface area contributed by atoms with Crippen molar-refractivity contribution in [2.24, 2.45) is 5.73 Å². The highest BCUT2D eigenvalue weighted by Crippen LogP contribution is 2.37. The molecule has 1 aromatic carbocycles. The molecule has 0 aliphatic heterocycles. The van der Waals surface area contributed by atoms with E-state index in [1.807, 2.05) is 24.3 Å². The van der Waals surface area contributed by atoms with Crippen molar-refractivity contribution in [1.29, 1.82) is 0 Å². The molecule has 2 atom stereocenters. The Morgan fingerprint density at radius 1 is 1.39 bits per heavy atom. The van der Waals surface area contributed by atoms with Crippen LogP contribution >= 0.6 is 23.4 Å². The Labute approximate surface area is 116 Å². The first kappa shape index (κ1) is 13.5. The zero-order valence-corrected chi connectivity index (χ0v) is 11.6. The molecule has 0 aliphatic rings. The summed E-state index contributed by atoms with van der Waals surface area (Å²) in [6.45, 7) is 2.07. The average molecular weight is 283 g/mol. The molecule has 0 fully saturated rings. The number of hydrogen-bond donors (Lipinski definition) is 1. The van der Waals surface area contributed by atoms with Crippen LogP contribution in [0.3, 0.4) is 0 Å². The lowest BCUT2D eigenvalue weighted by Crippen LogP contribution is -2.25. The first-order valence-corrected chi connectivity index (χ1v) is 7.03. The number of hydrogen-bond acceptors (Lipinski definition) is 4. The Hall–Kier alpha value is -0.970. The number of nitrogens with zero attached hydrogens (tertiary/aromatic N) is 1. The van der Waals surface area contributed by atoms with Crippen LogP contribution < -0.4 is 5.73 Å². The van der Waals surface area contributed by atoms with Crippen molar-refractivity contribution < 1.29 is 4.42 Å². The zero-order valence-electron chi connectivity index (χ0n) is 10.0. The molecule has 0 saturated carbocycles. The van der Waals surface area contributed by atoms with Gasteiger partial charge in [0.05, 0.1) is 11.4 Å². The fourth-order valence-electron chi connectivity index (χ4n) is 1.65. The fraction of sp³-hybridized carbons (Fsp3) is 0.308. The molecule has 2 unspecified atom stereocenters. The van der Waals surface area contributed by atoms with Gasteiger partial charge in [-0.25, -0.2) is 4.98 Å². The van der Waals surface area contributed by atoms with Crippen LogP contribution in [0.2, 0.25) is 5.02 Å². The van der Waals surface area contributed by atoms with Crippen LogP contribution in [0.15, 0.2) is 46.4 Å². The number of benzene rings is 1. The Morgan fingerprint density at radius 3 is 2.67 bits per heavy atom. The number of rotatable bonds is 5.